The topological polar surface area (TPSA) is 15.6 Å². The third-order valence-corrected chi connectivity index (χ3v) is 3.61. The van der Waals surface area contributed by atoms with Gasteiger partial charge in [0.25, 0.3) is 0 Å². The summed E-state index contributed by atoms with van der Waals surface area (Å²) in [5.74, 6) is 0. The lowest BCUT2D eigenvalue weighted by Gasteiger charge is -2.38. The Hall–Kier alpha value is -0.530. The first-order valence-corrected chi connectivity index (χ1v) is 5.77. The number of fused-ring (bicyclic) bond motifs is 1. The molecule has 2 heteroatoms. The molecule has 14 heavy (non-hydrogen) atoms. The molecule has 2 aliphatic heterocycles. The molecule has 0 aromatic heterocycles. The summed E-state index contributed by atoms with van der Waals surface area (Å²) < 4.78 is 0. The Labute approximate surface area is 87.4 Å². The van der Waals surface area contributed by atoms with Gasteiger partial charge in [-0.25, -0.2) is 0 Å². The van der Waals surface area contributed by atoms with Gasteiger partial charge in [-0.05, 0) is 26.2 Å². The van der Waals surface area contributed by atoms with E-state index in [0.717, 1.165) is 6.54 Å². The summed E-state index contributed by atoms with van der Waals surface area (Å²) in [5.41, 5.74) is 1.99. The van der Waals surface area contributed by atoms with Gasteiger partial charge in [-0.3, -0.25) is 5.01 Å². The Morgan fingerprint density at radius 3 is 2.57 bits per heavy atom. The monoisotopic (exact) mass is 194 g/mol. The highest BCUT2D eigenvalue weighted by Gasteiger charge is 2.42. The lowest BCUT2D eigenvalue weighted by molar-refractivity contribution is 0.0891. The van der Waals surface area contributed by atoms with Gasteiger partial charge in [0.15, 0.2) is 0 Å². The summed E-state index contributed by atoms with van der Waals surface area (Å²) in [4.78, 5) is 0. The minimum atomic E-state index is 0.250. The van der Waals surface area contributed by atoms with Gasteiger partial charge in [-0.2, -0.15) is 5.10 Å². The fraction of sp³-hybridized carbons (Fsp3) is 0.917. The number of hydrogen-bond acceptors (Lipinski definition) is 2. The summed E-state index contributed by atoms with van der Waals surface area (Å²) in [5, 5.41) is 7.15. The van der Waals surface area contributed by atoms with Gasteiger partial charge >= 0.3 is 0 Å². The molecule has 0 N–H and O–H groups in total. The van der Waals surface area contributed by atoms with Crippen molar-refractivity contribution in [2.24, 2.45) is 10.5 Å². The van der Waals surface area contributed by atoms with Crippen molar-refractivity contribution in [3.8, 4) is 0 Å². The van der Waals surface area contributed by atoms with Crippen LogP contribution in [0.5, 0.6) is 0 Å². The van der Waals surface area contributed by atoms with Crippen molar-refractivity contribution in [2.45, 2.75) is 58.9 Å². The maximum atomic E-state index is 4.80. The van der Waals surface area contributed by atoms with Gasteiger partial charge in [0.1, 0.15) is 0 Å². The summed E-state index contributed by atoms with van der Waals surface area (Å²) in [6, 6.07) is 0. The van der Waals surface area contributed by atoms with Crippen LogP contribution in [0.2, 0.25) is 0 Å². The third-order valence-electron chi connectivity index (χ3n) is 3.61. The van der Waals surface area contributed by atoms with Crippen LogP contribution in [-0.2, 0) is 0 Å². The Balaban J connectivity index is 2.20. The van der Waals surface area contributed by atoms with Crippen LogP contribution in [0.3, 0.4) is 0 Å². The zero-order chi connectivity index (χ0) is 10.4. The van der Waals surface area contributed by atoms with E-state index < -0.39 is 0 Å². The van der Waals surface area contributed by atoms with Crippen molar-refractivity contribution in [3.05, 3.63) is 0 Å². The first-order valence-electron chi connectivity index (χ1n) is 5.77. The molecule has 2 nitrogen and oxygen atoms in total. The van der Waals surface area contributed by atoms with Crippen molar-refractivity contribution in [1.29, 1.82) is 0 Å². The molecule has 0 saturated carbocycles. The second kappa shape index (κ2) is 2.98. The van der Waals surface area contributed by atoms with Crippen LogP contribution in [0.25, 0.3) is 0 Å². The number of hydrogen-bond donors (Lipinski definition) is 0. The number of nitrogens with zero attached hydrogens (tertiary/aromatic N) is 2. The Morgan fingerprint density at radius 2 is 2.00 bits per heavy atom. The highest BCUT2D eigenvalue weighted by Crippen LogP contribution is 2.39. The smallest absolute Gasteiger partial charge is 0.0604 e. The molecule has 1 atom stereocenters. The lowest BCUT2D eigenvalue weighted by Crippen LogP contribution is -2.43. The highest BCUT2D eigenvalue weighted by molar-refractivity contribution is 5.91. The second-order valence-electron chi connectivity index (χ2n) is 6.05. The van der Waals surface area contributed by atoms with Crippen molar-refractivity contribution in [3.63, 3.8) is 0 Å². The quantitative estimate of drug-likeness (QED) is 0.578. The zero-order valence-electron chi connectivity index (χ0n) is 9.93. The largest absolute Gasteiger partial charge is 0.291 e. The predicted molar refractivity (Wildman–Crippen MR) is 60.5 cm³/mol. The van der Waals surface area contributed by atoms with Crippen molar-refractivity contribution in [1.82, 2.24) is 5.01 Å². The van der Waals surface area contributed by atoms with Gasteiger partial charge in [-0.1, -0.05) is 20.8 Å². The summed E-state index contributed by atoms with van der Waals surface area (Å²) in [6.07, 6.45) is 5.18. The van der Waals surface area contributed by atoms with E-state index in [-0.39, 0.29) is 5.41 Å². The van der Waals surface area contributed by atoms with E-state index >= 15 is 0 Å². The van der Waals surface area contributed by atoms with Crippen molar-refractivity contribution >= 4 is 5.71 Å². The molecule has 0 aliphatic carbocycles. The first kappa shape index (κ1) is 10.0. The van der Waals surface area contributed by atoms with Gasteiger partial charge in [0.2, 0.25) is 0 Å². The molecule has 1 unspecified atom stereocenters. The zero-order valence-corrected chi connectivity index (χ0v) is 9.93. The Bertz CT molecular complexity index is 262. The molecule has 2 aliphatic rings. The molecule has 2 rings (SSSR count). The standard InChI is InChI=1S/C12H22N2/c1-11(2,3)10-9-12(4)7-5-6-8-14(12)13-10/h5-9H2,1-4H3. The van der Waals surface area contributed by atoms with E-state index in [1.807, 2.05) is 0 Å². The van der Waals surface area contributed by atoms with Crippen molar-refractivity contribution < 1.29 is 0 Å². The van der Waals surface area contributed by atoms with Gasteiger partial charge < -0.3 is 0 Å². The van der Waals surface area contributed by atoms with Crippen molar-refractivity contribution in [2.75, 3.05) is 6.54 Å². The van der Waals surface area contributed by atoms with Crippen LogP contribution in [0, 0.1) is 5.41 Å². The van der Waals surface area contributed by atoms with Crippen LogP contribution in [0.4, 0.5) is 0 Å². The minimum Gasteiger partial charge on any atom is -0.291 e. The van der Waals surface area contributed by atoms with E-state index in [4.69, 9.17) is 5.10 Å². The van der Waals surface area contributed by atoms with Crippen LogP contribution in [-0.4, -0.2) is 22.8 Å². The molecule has 0 spiro atoms. The molecule has 0 radical (unpaired) electrons. The molecular weight excluding hydrogens is 172 g/mol. The summed E-state index contributed by atoms with van der Waals surface area (Å²) >= 11 is 0. The van der Waals surface area contributed by atoms with E-state index in [1.54, 1.807) is 0 Å². The number of piperidine rings is 1. The maximum absolute atomic E-state index is 4.80. The van der Waals surface area contributed by atoms with Gasteiger partial charge in [0.05, 0.1) is 5.54 Å². The number of rotatable bonds is 0. The predicted octanol–water partition coefficient (Wildman–Crippen LogP) is 3.04. The second-order valence-corrected chi connectivity index (χ2v) is 6.05. The molecule has 80 valence electrons. The first-order chi connectivity index (χ1) is 6.42. The Morgan fingerprint density at radius 1 is 1.29 bits per heavy atom. The highest BCUT2D eigenvalue weighted by atomic mass is 15.5. The molecule has 1 saturated heterocycles. The third kappa shape index (κ3) is 1.55. The Kier molecular flexibility index (Phi) is 2.13. The van der Waals surface area contributed by atoms with Crippen LogP contribution < -0.4 is 0 Å². The van der Waals surface area contributed by atoms with Crippen LogP contribution >= 0.6 is 0 Å². The number of hydrazone groups is 1. The molecule has 1 fully saturated rings. The lowest BCUT2D eigenvalue weighted by atomic mass is 9.80. The maximum Gasteiger partial charge on any atom is 0.0604 e. The molecule has 2 heterocycles. The van der Waals surface area contributed by atoms with E-state index in [2.05, 4.69) is 32.7 Å². The van der Waals surface area contributed by atoms with E-state index in [9.17, 15) is 0 Å². The van der Waals surface area contributed by atoms with Crippen LogP contribution in [0.1, 0.15) is 53.4 Å². The molecule has 0 amide bonds. The summed E-state index contributed by atoms with van der Waals surface area (Å²) in [6.45, 7) is 10.3. The van der Waals surface area contributed by atoms with E-state index in [1.165, 1.54) is 31.4 Å². The molecular formula is C12H22N2. The fourth-order valence-corrected chi connectivity index (χ4v) is 2.47. The van der Waals surface area contributed by atoms with E-state index in [0.29, 0.717) is 5.54 Å². The van der Waals surface area contributed by atoms with Gasteiger partial charge in [0, 0.05) is 24.1 Å². The molecule has 0 bridgehead atoms. The summed E-state index contributed by atoms with van der Waals surface area (Å²) in [7, 11) is 0. The average molecular weight is 194 g/mol. The molecule has 0 aromatic rings. The van der Waals surface area contributed by atoms with Gasteiger partial charge in [-0.15, -0.1) is 0 Å². The molecule has 0 aromatic carbocycles. The van der Waals surface area contributed by atoms with Crippen LogP contribution in [0.15, 0.2) is 5.10 Å². The minimum absolute atomic E-state index is 0.250. The SMILES string of the molecule is CC(C)(C)C1=NN2CCCCC2(C)C1. The average Bonchev–Trinajstić information content (AvgIpc) is 2.40. The normalized spacial score (nSPS) is 32.9. The fourth-order valence-electron chi connectivity index (χ4n) is 2.47.